The van der Waals surface area contributed by atoms with E-state index in [2.05, 4.69) is 37.4 Å². The van der Waals surface area contributed by atoms with Crippen LogP contribution in [-0.2, 0) is 21.9 Å². The van der Waals surface area contributed by atoms with Crippen molar-refractivity contribution in [3.05, 3.63) is 70.8 Å². The van der Waals surface area contributed by atoms with Crippen LogP contribution in [-0.4, -0.2) is 34.6 Å². The van der Waals surface area contributed by atoms with Gasteiger partial charge in [-0.1, -0.05) is 73.5 Å². The van der Waals surface area contributed by atoms with Crippen molar-refractivity contribution in [2.45, 2.75) is 71.8 Å². The van der Waals surface area contributed by atoms with Crippen molar-refractivity contribution in [3.63, 3.8) is 0 Å². The molecule has 0 saturated heterocycles. The fraction of sp³-hybridized carbons (Fsp3) is 0.462. The van der Waals surface area contributed by atoms with Gasteiger partial charge in [-0.2, -0.15) is 0 Å². The second-order valence-corrected chi connectivity index (χ2v) is 9.22. The molecule has 0 saturated carbocycles. The molecule has 4 nitrogen and oxygen atoms in total. The van der Waals surface area contributed by atoms with Crippen LogP contribution in [0.25, 0.3) is 0 Å². The number of rotatable bonds is 11. The molecule has 2 aromatic rings. The van der Waals surface area contributed by atoms with Gasteiger partial charge in [0.15, 0.2) is 0 Å². The van der Waals surface area contributed by atoms with Crippen LogP contribution in [0.4, 0.5) is 0 Å². The van der Waals surface area contributed by atoms with Crippen molar-refractivity contribution in [2.75, 3.05) is 5.75 Å². The van der Waals surface area contributed by atoms with E-state index in [9.17, 15) is 9.59 Å². The van der Waals surface area contributed by atoms with Gasteiger partial charge in [-0.15, -0.1) is 11.8 Å². The molecule has 31 heavy (non-hydrogen) atoms. The number of carbonyl (C=O) groups is 2. The van der Waals surface area contributed by atoms with Crippen LogP contribution in [0.2, 0.25) is 0 Å². The van der Waals surface area contributed by atoms with Gasteiger partial charge in [0.25, 0.3) is 0 Å². The quantitative estimate of drug-likeness (QED) is 0.519. The van der Waals surface area contributed by atoms with Gasteiger partial charge < -0.3 is 10.2 Å². The maximum absolute atomic E-state index is 13.3. The van der Waals surface area contributed by atoms with Gasteiger partial charge in [-0.3, -0.25) is 9.59 Å². The van der Waals surface area contributed by atoms with Gasteiger partial charge >= 0.3 is 0 Å². The molecule has 0 radical (unpaired) electrons. The van der Waals surface area contributed by atoms with Gasteiger partial charge in [-0.05, 0) is 44.7 Å². The Morgan fingerprint density at radius 3 is 2.19 bits per heavy atom. The average molecular weight is 441 g/mol. The summed E-state index contributed by atoms with van der Waals surface area (Å²) in [5.41, 5.74) is 4.73. The number of nitrogens with one attached hydrogen (secondary N) is 1. The minimum absolute atomic E-state index is 0.00406. The molecule has 0 aliphatic rings. The van der Waals surface area contributed by atoms with Crippen molar-refractivity contribution in [3.8, 4) is 0 Å². The van der Waals surface area contributed by atoms with Crippen molar-refractivity contribution in [1.29, 1.82) is 0 Å². The normalized spacial score (nSPS) is 12.8. The summed E-state index contributed by atoms with van der Waals surface area (Å²) in [7, 11) is 0. The van der Waals surface area contributed by atoms with E-state index < -0.39 is 6.04 Å². The molecule has 0 spiro atoms. The number of thioether (sulfide) groups is 1. The highest BCUT2D eigenvalue weighted by Gasteiger charge is 2.29. The molecule has 1 N–H and O–H groups in total. The maximum Gasteiger partial charge on any atom is 0.243 e. The monoisotopic (exact) mass is 440 g/mol. The van der Waals surface area contributed by atoms with Crippen LogP contribution in [0.3, 0.4) is 0 Å². The fourth-order valence-electron chi connectivity index (χ4n) is 3.63. The number of carbonyl (C=O) groups excluding carboxylic acids is 2. The molecule has 0 unspecified atom stereocenters. The predicted molar refractivity (Wildman–Crippen MR) is 131 cm³/mol. The molecular weight excluding hydrogens is 404 g/mol. The third kappa shape index (κ3) is 8.06. The first-order chi connectivity index (χ1) is 14.8. The molecule has 2 amide bonds. The first-order valence-electron chi connectivity index (χ1n) is 11.1. The number of amides is 2. The molecule has 0 heterocycles. The summed E-state index contributed by atoms with van der Waals surface area (Å²) in [6.45, 7) is 10.6. The highest BCUT2D eigenvalue weighted by molar-refractivity contribution is 7.99. The predicted octanol–water partition coefficient (Wildman–Crippen LogP) is 5.26. The Morgan fingerprint density at radius 1 is 0.968 bits per heavy atom. The highest BCUT2D eigenvalue weighted by atomic mass is 32.2. The van der Waals surface area contributed by atoms with Crippen molar-refractivity contribution in [2.24, 2.45) is 0 Å². The summed E-state index contributed by atoms with van der Waals surface area (Å²) in [4.78, 5) is 27.9. The van der Waals surface area contributed by atoms with Crippen LogP contribution >= 0.6 is 11.8 Å². The molecule has 2 atom stereocenters. The Hall–Kier alpha value is -2.27. The highest BCUT2D eigenvalue weighted by Crippen LogP contribution is 2.19. The summed E-state index contributed by atoms with van der Waals surface area (Å²) < 4.78 is 0. The Labute approximate surface area is 191 Å². The van der Waals surface area contributed by atoms with Crippen LogP contribution < -0.4 is 5.32 Å². The van der Waals surface area contributed by atoms with Gasteiger partial charge in [0.05, 0.1) is 5.75 Å². The molecule has 0 aliphatic heterocycles. The lowest BCUT2D eigenvalue weighted by molar-refractivity contribution is -0.139. The van der Waals surface area contributed by atoms with Gasteiger partial charge in [-0.25, -0.2) is 0 Å². The number of hydrogen-bond donors (Lipinski definition) is 1. The molecular formula is C26H36N2O2S. The molecule has 0 aliphatic carbocycles. The second kappa shape index (κ2) is 12.6. The summed E-state index contributed by atoms with van der Waals surface area (Å²) in [5, 5.41) is 3.06. The molecule has 0 bridgehead atoms. The molecule has 0 fully saturated rings. The summed E-state index contributed by atoms with van der Waals surface area (Å²) in [5.74, 6) is 1.07. The smallest absolute Gasteiger partial charge is 0.243 e. The summed E-state index contributed by atoms with van der Waals surface area (Å²) >= 11 is 1.61. The minimum Gasteiger partial charge on any atom is -0.352 e. The lowest BCUT2D eigenvalue weighted by Gasteiger charge is -2.31. The van der Waals surface area contributed by atoms with E-state index in [1.165, 1.54) is 16.7 Å². The molecule has 2 rings (SSSR count). The number of hydrogen-bond acceptors (Lipinski definition) is 3. The molecule has 0 aromatic heterocycles. The van der Waals surface area contributed by atoms with Crippen molar-refractivity contribution < 1.29 is 9.59 Å². The first-order valence-corrected chi connectivity index (χ1v) is 12.3. The SMILES string of the molecule is CC[C@H](C)NC(=O)[C@H](CC)N(Cc1ccccc1)C(=O)CSCc1cc(C)cc(C)c1. The number of benzene rings is 2. The van der Waals surface area contributed by atoms with Gasteiger partial charge in [0.2, 0.25) is 11.8 Å². The van der Waals surface area contributed by atoms with Gasteiger partial charge in [0.1, 0.15) is 6.04 Å². The zero-order chi connectivity index (χ0) is 22.8. The third-order valence-electron chi connectivity index (χ3n) is 5.36. The second-order valence-electron chi connectivity index (χ2n) is 8.24. The van der Waals surface area contributed by atoms with Crippen molar-refractivity contribution >= 4 is 23.6 Å². The van der Waals surface area contributed by atoms with E-state index in [1.54, 1.807) is 16.7 Å². The Morgan fingerprint density at radius 2 is 1.61 bits per heavy atom. The fourth-order valence-corrected chi connectivity index (χ4v) is 4.48. The van der Waals surface area contributed by atoms with E-state index in [0.717, 1.165) is 17.7 Å². The summed E-state index contributed by atoms with van der Waals surface area (Å²) in [6, 6.07) is 16.0. The van der Waals surface area contributed by atoms with Gasteiger partial charge in [0, 0.05) is 18.3 Å². The maximum atomic E-state index is 13.3. The van der Waals surface area contributed by atoms with Crippen LogP contribution in [0, 0.1) is 13.8 Å². The zero-order valence-corrected chi connectivity index (χ0v) is 20.3. The Kier molecular flexibility index (Phi) is 10.1. The van der Waals surface area contributed by atoms with E-state index in [-0.39, 0.29) is 17.9 Å². The average Bonchev–Trinajstić information content (AvgIpc) is 2.73. The molecule has 168 valence electrons. The van der Waals surface area contributed by atoms with E-state index in [1.807, 2.05) is 51.1 Å². The largest absolute Gasteiger partial charge is 0.352 e. The lowest BCUT2D eigenvalue weighted by atomic mass is 10.1. The number of aryl methyl sites for hydroxylation is 2. The lowest BCUT2D eigenvalue weighted by Crippen LogP contribution is -2.51. The molecule has 5 heteroatoms. The summed E-state index contributed by atoms with van der Waals surface area (Å²) in [6.07, 6.45) is 1.45. The van der Waals surface area contributed by atoms with Crippen LogP contribution in [0.5, 0.6) is 0 Å². The van der Waals surface area contributed by atoms with E-state index in [0.29, 0.717) is 18.7 Å². The first kappa shape index (κ1) is 25.0. The van der Waals surface area contributed by atoms with Crippen LogP contribution in [0.15, 0.2) is 48.5 Å². The Balaban J connectivity index is 2.11. The Bertz CT molecular complexity index is 833. The van der Waals surface area contributed by atoms with E-state index in [4.69, 9.17) is 0 Å². The topological polar surface area (TPSA) is 49.4 Å². The standard InChI is InChI=1S/C26H36N2O2S/c1-6-21(5)27-26(30)24(7-2)28(16-22-11-9-8-10-12-22)25(29)18-31-17-23-14-19(3)13-20(4)15-23/h8-15,21,24H,6-7,16-18H2,1-5H3,(H,27,30)/t21-,24-/m0/s1. The molecule has 2 aromatic carbocycles. The number of nitrogens with zero attached hydrogens (tertiary/aromatic N) is 1. The third-order valence-corrected chi connectivity index (χ3v) is 6.35. The van der Waals surface area contributed by atoms with Crippen molar-refractivity contribution in [1.82, 2.24) is 10.2 Å². The minimum atomic E-state index is -0.469. The van der Waals surface area contributed by atoms with Crippen LogP contribution in [0.1, 0.15) is 55.9 Å². The van der Waals surface area contributed by atoms with E-state index >= 15 is 0 Å². The zero-order valence-electron chi connectivity index (χ0n) is 19.5.